The minimum atomic E-state index is 0.713. The number of hydrogen-bond donors (Lipinski definition) is 1. The molecule has 0 heterocycles. The van der Waals surface area contributed by atoms with E-state index in [0.717, 1.165) is 12.5 Å². The van der Waals surface area contributed by atoms with Crippen LogP contribution in [0.3, 0.4) is 0 Å². The van der Waals surface area contributed by atoms with Gasteiger partial charge in [0.05, 0.1) is 0 Å². The zero-order chi connectivity index (χ0) is 12.4. The summed E-state index contributed by atoms with van der Waals surface area (Å²) in [4.78, 5) is 2.48. The van der Waals surface area contributed by atoms with Gasteiger partial charge in [0.2, 0.25) is 0 Å². The first-order valence-corrected chi connectivity index (χ1v) is 7.13. The fourth-order valence-electron chi connectivity index (χ4n) is 2.01. The van der Waals surface area contributed by atoms with Crippen LogP contribution in [0.2, 0.25) is 0 Å². The summed E-state index contributed by atoms with van der Waals surface area (Å²) in [5.74, 6) is 0.853. The summed E-state index contributed by atoms with van der Waals surface area (Å²) in [5.41, 5.74) is 0. The quantitative estimate of drug-likeness (QED) is 0.618. The highest BCUT2D eigenvalue weighted by Crippen LogP contribution is 2.11. The third kappa shape index (κ3) is 7.24. The lowest BCUT2D eigenvalue weighted by Crippen LogP contribution is -2.37. The van der Waals surface area contributed by atoms with Gasteiger partial charge in [-0.05, 0) is 31.8 Å². The van der Waals surface area contributed by atoms with Gasteiger partial charge in [-0.25, -0.2) is 0 Å². The van der Waals surface area contributed by atoms with Gasteiger partial charge in [-0.1, -0.05) is 41.0 Å². The molecular weight excluding hydrogens is 196 g/mol. The molecular formula is C14H32N2. The second-order valence-electron chi connectivity index (χ2n) is 4.84. The van der Waals surface area contributed by atoms with Gasteiger partial charge in [-0.15, -0.1) is 0 Å². The van der Waals surface area contributed by atoms with E-state index in [-0.39, 0.29) is 0 Å². The molecule has 1 N–H and O–H groups in total. The van der Waals surface area contributed by atoms with Crippen molar-refractivity contribution in [1.29, 1.82) is 0 Å². The lowest BCUT2D eigenvalue weighted by Gasteiger charge is -2.23. The van der Waals surface area contributed by atoms with E-state index in [4.69, 9.17) is 0 Å². The van der Waals surface area contributed by atoms with Crippen molar-refractivity contribution in [1.82, 2.24) is 10.2 Å². The lowest BCUT2D eigenvalue weighted by molar-refractivity contribution is 0.287. The Labute approximate surface area is 103 Å². The molecule has 0 aromatic heterocycles. The topological polar surface area (TPSA) is 15.3 Å². The maximum Gasteiger partial charge on any atom is 0.0107 e. The molecule has 98 valence electrons. The van der Waals surface area contributed by atoms with Crippen molar-refractivity contribution in [3.8, 4) is 0 Å². The Kier molecular flexibility index (Phi) is 10.0. The van der Waals surface area contributed by atoms with Crippen LogP contribution in [-0.4, -0.2) is 37.1 Å². The van der Waals surface area contributed by atoms with Crippen LogP contribution in [0.1, 0.15) is 53.9 Å². The Balaban J connectivity index is 3.69. The van der Waals surface area contributed by atoms with Crippen molar-refractivity contribution in [3.05, 3.63) is 0 Å². The molecule has 0 saturated heterocycles. The number of rotatable bonds is 10. The highest BCUT2D eigenvalue weighted by Gasteiger charge is 2.09. The monoisotopic (exact) mass is 228 g/mol. The van der Waals surface area contributed by atoms with Gasteiger partial charge in [0.25, 0.3) is 0 Å². The fourth-order valence-corrected chi connectivity index (χ4v) is 2.01. The molecule has 0 aromatic rings. The van der Waals surface area contributed by atoms with E-state index in [1.165, 1.54) is 38.9 Å². The van der Waals surface area contributed by atoms with Crippen LogP contribution in [-0.2, 0) is 0 Å². The van der Waals surface area contributed by atoms with Gasteiger partial charge in [-0.3, -0.25) is 0 Å². The molecule has 0 spiro atoms. The SMILES string of the molecule is CCC(C)CC(CC)NCCN(CC)CC. The molecule has 0 fully saturated rings. The van der Waals surface area contributed by atoms with Crippen LogP contribution in [0.25, 0.3) is 0 Å². The summed E-state index contributed by atoms with van der Waals surface area (Å²) < 4.78 is 0. The summed E-state index contributed by atoms with van der Waals surface area (Å²) in [6.07, 6.45) is 3.88. The van der Waals surface area contributed by atoms with E-state index in [0.29, 0.717) is 6.04 Å². The standard InChI is InChI=1S/C14H32N2/c1-6-13(5)12-14(7-2)15-10-11-16(8-3)9-4/h13-15H,6-12H2,1-5H3. The van der Waals surface area contributed by atoms with Crippen molar-refractivity contribution in [2.24, 2.45) is 5.92 Å². The van der Waals surface area contributed by atoms with Gasteiger partial charge >= 0.3 is 0 Å². The number of nitrogens with zero attached hydrogens (tertiary/aromatic N) is 1. The van der Waals surface area contributed by atoms with Crippen molar-refractivity contribution in [3.63, 3.8) is 0 Å². The zero-order valence-corrected chi connectivity index (χ0v) is 12.1. The first kappa shape index (κ1) is 15.9. The van der Waals surface area contributed by atoms with Crippen LogP contribution < -0.4 is 5.32 Å². The van der Waals surface area contributed by atoms with Crippen LogP contribution in [0.5, 0.6) is 0 Å². The zero-order valence-electron chi connectivity index (χ0n) is 12.1. The first-order valence-electron chi connectivity index (χ1n) is 7.13. The normalized spacial score (nSPS) is 15.4. The van der Waals surface area contributed by atoms with Gasteiger partial charge in [-0.2, -0.15) is 0 Å². The van der Waals surface area contributed by atoms with Crippen molar-refractivity contribution in [2.45, 2.75) is 59.9 Å². The maximum atomic E-state index is 3.69. The van der Waals surface area contributed by atoms with Crippen LogP contribution >= 0.6 is 0 Å². The lowest BCUT2D eigenvalue weighted by atomic mass is 9.98. The molecule has 0 bridgehead atoms. The predicted octanol–water partition coefficient (Wildman–Crippen LogP) is 3.13. The number of hydrogen-bond acceptors (Lipinski definition) is 2. The summed E-state index contributed by atoms with van der Waals surface area (Å²) in [6, 6.07) is 0.713. The first-order chi connectivity index (χ1) is 7.67. The Bertz CT molecular complexity index is 144. The molecule has 0 aliphatic heterocycles. The molecule has 0 aliphatic rings. The van der Waals surface area contributed by atoms with E-state index in [2.05, 4.69) is 44.8 Å². The van der Waals surface area contributed by atoms with Crippen LogP contribution in [0, 0.1) is 5.92 Å². The summed E-state index contributed by atoms with van der Waals surface area (Å²) in [6.45, 7) is 16.1. The average Bonchev–Trinajstić information content (AvgIpc) is 2.32. The molecule has 2 heteroatoms. The highest BCUT2D eigenvalue weighted by molar-refractivity contribution is 4.69. The molecule has 2 atom stereocenters. The highest BCUT2D eigenvalue weighted by atomic mass is 15.1. The second kappa shape index (κ2) is 10.1. The van der Waals surface area contributed by atoms with Gasteiger partial charge in [0, 0.05) is 19.1 Å². The van der Waals surface area contributed by atoms with Crippen LogP contribution in [0.4, 0.5) is 0 Å². The van der Waals surface area contributed by atoms with Gasteiger partial charge < -0.3 is 10.2 Å². The van der Waals surface area contributed by atoms with Crippen molar-refractivity contribution >= 4 is 0 Å². The van der Waals surface area contributed by atoms with E-state index < -0.39 is 0 Å². The Morgan fingerprint density at radius 1 is 1.00 bits per heavy atom. The largest absolute Gasteiger partial charge is 0.313 e. The summed E-state index contributed by atoms with van der Waals surface area (Å²) in [7, 11) is 0. The smallest absolute Gasteiger partial charge is 0.0107 e. The van der Waals surface area contributed by atoms with Crippen LogP contribution in [0.15, 0.2) is 0 Å². The molecule has 2 unspecified atom stereocenters. The fraction of sp³-hybridized carbons (Fsp3) is 1.00. The average molecular weight is 228 g/mol. The maximum absolute atomic E-state index is 3.69. The van der Waals surface area contributed by atoms with Crippen molar-refractivity contribution in [2.75, 3.05) is 26.2 Å². The minimum Gasteiger partial charge on any atom is -0.313 e. The Hall–Kier alpha value is -0.0800. The minimum absolute atomic E-state index is 0.713. The predicted molar refractivity (Wildman–Crippen MR) is 73.9 cm³/mol. The molecule has 0 aromatic carbocycles. The van der Waals surface area contributed by atoms with E-state index in [1.54, 1.807) is 0 Å². The molecule has 0 saturated carbocycles. The molecule has 0 amide bonds. The summed E-state index contributed by atoms with van der Waals surface area (Å²) >= 11 is 0. The second-order valence-corrected chi connectivity index (χ2v) is 4.84. The summed E-state index contributed by atoms with van der Waals surface area (Å²) in [5, 5.41) is 3.69. The Morgan fingerprint density at radius 2 is 1.62 bits per heavy atom. The number of likely N-dealkylation sites (N-methyl/N-ethyl adjacent to an activating group) is 1. The molecule has 16 heavy (non-hydrogen) atoms. The molecule has 0 aliphatic carbocycles. The van der Waals surface area contributed by atoms with Crippen molar-refractivity contribution < 1.29 is 0 Å². The molecule has 2 nitrogen and oxygen atoms in total. The molecule has 0 rings (SSSR count). The molecule has 0 radical (unpaired) electrons. The van der Waals surface area contributed by atoms with E-state index in [9.17, 15) is 0 Å². The third-order valence-corrected chi connectivity index (χ3v) is 3.63. The van der Waals surface area contributed by atoms with E-state index in [1.807, 2.05) is 0 Å². The van der Waals surface area contributed by atoms with E-state index >= 15 is 0 Å². The van der Waals surface area contributed by atoms with Gasteiger partial charge in [0.1, 0.15) is 0 Å². The third-order valence-electron chi connectivity index (χ3n) is 3.63. The van der Waals surface area contributed by atoms with Gasteiger partial charge in [0.15, 0.2) is 0 Å². The number of nitrogens with one attached hydrogen (secondary N) is 1. The Morgan fingerprint density at radius 3 is 2.06 bits per heavy atom.